The van der Waals surface area contributed by atoms with Crippen molar-refractivity contribution in [2.24, 2.45) is 5.92 Å². The Hall–Kier alpha value is -2.07. The second-order valence-corrected chi connectivity index (χ2v) is 5.62. The van der Waals surface area contributed by atoms with Crippen LogP contribution < -0.4 is 5.32 Å². The monoisotopic (exact) mass is 286 g/mol. The Kier molecular flexibility index (Phi) is 5.17. The molecule has 0 saturated heterocycles. The predicted molar refractivity (Wildman–Crippen MR) is 83.6 cm³/mol. The Morgan fingerprint density at radius 2 is 1.95 bits per heavy atom. The number of nitrogens with zero attached hydrogens (tertiary/aromatic N) is 1. The summed E-state index contributed by atoms with van der Waals surface area (Å²) in [6.45, 7) is 4.10. The van der Waals surface area contributed by atoms with E-state index in [9.17, 15) is 9.90 Å². The Morgan fingerprint density at radius 1 is 1.24 bits per heavy atom. The van der Waals surface area contributed by atoms with E-state index in [2.05, 4.69) is 19.2 Å². The number of hydrogen-bond donors (Lipinski definition) is 2. The van der Waals surface area contributed by atoms with Gasteiger partial charge in [-0.25, -0.2) is 0 Å². The first-order chi connectivity index (χ1) is 10.1. The van der Waals surface area contributed by atoms with Crippen molar-refractivity contribution in [1.29, 1.82) is 0 Å². The first kappa shape index (κ1) is 15.3. The third-order valence-electron chi connectivity index (χ3n) is 3.32. The van der Waals surface area contributed by atoms with Gasteiger partial charge < -0.3 is 15.0 Å². The van der Waals surface area contributed by atoms with Gasteiger partial charge in [0.1, 0.15) is 0 Å². The molecule has 0 aliphatic heterocycles. The van der Waals surface area contributed by atoms with E-state index in [1.165, 1.54) is 0 Å². The average Bonchev–Trinajstić information content (AvgIpc) is 3.00. The van der Waals surface area contributed by atoms with Crippen molar-refractivity contribution in [1.82, 2.24) is 9.88 Å². The molecule has 0 radical (unpaired) electrons. The van der Waals surface area contributed by atoms with Gasteiger partial charge in [-0.15, -0.1) is 0 Å². The lowest BCUT2D eigenvalue weighted by Crippen LogP contribution is -2.38. The first-order valence-corrected chi connectivity index (χ1v) is 7.25. The zero-order chi connectivity index (χ0) is 15.2. The van der Waals surface area contributed by atoms with Crippen LogP contribution in [0.5, 0.6) is 0 Å². The van der Waals surface area contributed by atoms with E-state index in [1.807, 2.05) is 47.3 Å². The van der Waals surface area contributed by atoms with Crippen molar-refractivity contribution in [3.8, 4) is 5.69 Å². The quantitative estimate of drug-likeness (QED) is 0.857. The van der Waals surface area contributed by atoms with Gasteiger partial charge in [-0.1, -0.05) is 19.9 Å². The van der Waals surface area contributed by atoms with Gasteiger partial charge in [0.2, 0.25) is 0 Å². The lowest BCUT2D eigenvalue weighted by molar-refractivity contribution is 0.0908. The summed E-state index contributed by atoms with van der Waals surface area (Å²) < 4.78 is 1.95. The van der Waals surface area contributed by atoms with Crippen molar-refractivity contribution in [2.75, 3.05) is 6.61 Å². The number of aromatic nitrogens is 1. The zero-order valence-corrected chi connectivity index (χ0v) is 12.5. The molecular weight excluding hydrogens is 264 g/mol. The minimum atomic E-state index is -0.201. The number of aliphatic hydroxyl groups is 1. The van der Waals surface area contributed by atoms with Crippen molar-refractivity contribution < 1.29 is 9.90 Å². The molecule has 0 bridgehead atoms. The van der Waals surface area contributed by atoms with E-state index in [1.54, 1.807) is 6.07 Å². The molecule has 2 N–H and O–H groups in total. The Labute approximate surface area is 125 Å². The molecule has 1 unspecified atom stereocenters. The summed E-state index contributed by atoms with van der Waals surface area (Å²) in [6, 6.07) is 11.1. The van der Waals surface area contributed by atoms with E-state index < -0.39 is 0 Å². The second-order valence-electron chi connectivity index (χ2n) is 5.62. The lowest BCUT2D eigenvalue weighted by Gasteiger charge is -2.18. The number of amides is 1. The highest BCUT2D eigenvalue weighted by atomic mass is 16.3. The number of carbonyl (C=O) groups is 1. The number of hydrogen-bond acceptors (Lipinski definition) is 2. The van der Waals surface area contributed by atoms with Crippen LogP contribution in [0.3, 0.4) is 0 Å². The lowest BCUT2D eigenvalue weighted by atomic mass is 10.0. The van der Waals surface area contributed by atoms with Gasteiger partial charge in [0.25, 0.3) is 5.91 Å². The van der Waals surface area contributed by atoms with Crippen molar-refractivity contribution in [3.63, 3.8) is 0 Å². The van der Waals surface area contributed by atoms with Crippen LogP contribution in [-0.2, 0) is 0 Å². The zero-order valence-electron chi connectivity index (χ0n) is 12.5. The molecule has 0 spiro atoms. The molecular formula is C17H22N2O2. The molecule has 4 nitrogen and oxygen atoms in total. The van der Waals surface area contributed by atoms with Crippen molar-refractivity contribution >= 4 is 5.91 Å². The van der Waals surface area contributed by atoms with Crippen molar-refractivity contribution in [2.45, 2.75) is 26.3 Å². The van der Waals surface area contributed by atoms with E-state index in [0.29, 0.717) is 11.5 Å². The van der Waals surface area contributed by atoms with Crippen LogP contribution in [0.25, 0.3) is 5.69 Å². The van der Waals surface area contributed by atoms with Gasteiger partial charge in [0.15, 0.2) is 0 Å². The number of benzene rings is 1. The summed E-state index contributed by atoms with van der Waals surface area (Å²) in [7, 11) is 0. The highest BCUT2D eigenvalue weighted by molar-refractivity contribution is 5.94. The molecule has 0 saturated carbocycles. The Morgan fingerprint density at radius 3 is 2.57 bits per heavy atom. The molecule has 1 aromatic carbocycles. The second kappa shape index (κ2) is 7.09. The van der Waals surface area contributed by atoms with Crippen LogP contribution >= 0.6 is 0 Å². The minimum Gasteiger partial charge on any atom is -0.394 e. The highest BCUT2D eigenvalue weighted by Crippen LogP contribution is 2.12. The van der Waals surface area contributed by atoms with E-state index >= 15 is 0 Å². The highest BCUT2D eigenvalue weighted by Gasteiger charge is 2.14. The summed E-state index contributed by atoms with van der Waals surface area (Å²) in [5.41, 5.74) is 1.54. The molecule has 1 atom stereocenters. The minimum absolute atomic E-state index is 0.0405. The molecule has 1 amide bonds. The largest absolute Gasteiger partial charge is 0.394 e. The fourth-order valence-corrected chi connectivity index (χ4v) is 2.33. The van der Waals surface area contributed by atoms with Crippen LogP contribution in [0.1, 0.15) is 30.6 Å². The van der Waals surface area contributed by atoms with Crippen molar-refractivity contribution in [3.05, 3.63) is 54.4 Å². The maximum Gasteiger partial charge on any atom is 0.251 e. The number of carbonyl (C=O) groups excluding carboxylic acids is 1. The van der Waals surface area contributed by atoms with E-state index in [4.69, 9.17) is 0 Å². The third kappa shape index (κ3) is 4.20. The van der Waals surface area contributed by atoms with Gasteiger partial charge in [0.05, 0.1) is 12.6 Å². The van der Waals surface area contributed by atoms with Crippen LogP contribution in [0.2, 0.25) is 0 Å². The normalized spacial score (nSPS) is 12.4. The smallest absolute Gasteiger partial charge is 0.251 e. The van der Waals surface area contributed by atoms with Gasteiger partial charge in [-0.3, -0.25) is 4.79 Å². The standard InChI is InChI=1S/C17H22N2O2/c1-13(2)10-15(12-20)18-17(21)14-6-5-7-16(11-14)19-8-3-4-9-19/h3-9,11,13,15,20H,10,12H2,1-2H3,(H,18,21). The fourth-order valence-electron chi connectivity index (χ4n) is 2.33. The van der Waals surface area contributed by atoms with E-state index in [0.717, 1.165) is 12.1 Å². The van der Waals surface area contributed by atoms with Crippen LogP contribution in [0, 0.1) is 5.92 Å². The predicted octanol–water partition coefficient (Wildman–Crippen LogP) is 2.61. The van der Waals surface area contributed by atoms with Gasteiger partial charge in [0, 0.05) is 23.6 Å². The van der Waals surface area contributed by atoms with Crippen LogP contribution in [0.4, 0.5) is 0 Å². The van der Waals surface area contributed by atoms with E-state index in [-0.39, 0.29) is 18.6 Å². The third-order valence-corrected chi connectivity index (χ3v) is 3.32. The maximum atomic E-state index is 12.3. The molecule has 112 valence electrons. The summed E-state index contributed by atoms with van der Waals surface area (Å²) in [4.78, 5) is 12.3. The first-order valence-electron chi connectivity index (χ1n) is 7.25. The molecule has 1 heterocycles. The Bertz CT molecular complexity index is 576. The molecule has 0 aliphatic carbocycles. The van der Waals surface area contributed by atoms with Gasteiger partial charge in [-0.05, 0) is 42.7 Å². The topological polar surface area (TPSA) is 54.3 Å². The molecule has 2 aromatic rings. The number of nitrogens with one attached hydrogen (secondary N) is 1. The molecule has 2 rings (SSSR count). The SMILES string of the molecule is CC(C)CC(CO)NC(=O)c1cccc(-n2cccc2)c1. The molecule has 0 aliphatic rings. The Balaban J connectivity index is 2.10. The fraction of sp³-hybridized carbons (Fsp3) is 0.353. The molecule has 21 heavy (non-hydrogen) atoms. The summed E-state index contributed by atoms with van der Waals surface area (Å²) >= 11 is 0. The van der Waals surface area contributed by atoms with Gasteiger partial charge >= 0.3 is 0 Å². The summed E-state index contributed by atoms with van der Waals surface area (Å²) in [5.74, 6) is 0.275. The number of aliphatic hydroxyl groups excluding tert-OH is 1. The summed E-state index contributed by atoms with van der Waals surface area (Å²) in [5, 5.41) is 12.2. The molecule has 1 aromatic heterocycles. The summed E-state index contributed by atoms with van der Waals surface area (Å²) in [6.07, 6.45) is 4.64. The van der Waals surface area contributed by atoms with Crippen LogP contribution in [0.15, 0.2) is 48.8 Å². The maximum absolute atomic E-state index is 12.3. The molecule has 4 heteroatoms. The van der Waals surface area contributed by atoms with Crippen LogP contribution in [-0.4, -0.2) is 28.2 Å². The van der Waals surface area contributed by atoms with Gasteiger partial charge in [-0.2, -0.15) is 0 Å². The average molecular weight is 286 g/mol. The molecule has 0 fully saturated rings. The number of rotatable bonds is 6.